The minimum atomic E-state index is -3.48. The summed E-state index contributed by atoms with van der Waals surface area (Å²) in [6.07, 6.45) is 0. The maximum Gasteiger partial charge on any atom is 0.240 e. The summed E-state index contributed by atoms with van der Waals surface area (Å²) in [6, 6.07) is 5.68. The Morgan fingerprint density at radius 3 is 2.64 bits per heavy atom. The lowest BCUT2D eigenvalue weighted by Crippen LogP contribution is -2.40. The SMILES string of the molecule is CC1CN(C(C)C)CC1NS(=O)(=O)c1ccc2c(c1)COC2. The fourth-order valence-corrected chi connectivity index (χ4v) is 4.55. The molecule has 1 saturated heterocycles. The summed E-state index contributed by atoms with van der Waals surface area (Å²) in [5, 5.41) is 0. The van der Waals surface area contributed by atoms with Gasteiger partial charge in [-0.15, -0.1) is 0 Å². The molecule has 3 rings (SSSR count). The zero-order chi connectivity index (χ0) is 15.9. The molecule has 22 heavy (non-hydrogen) atoms. The van der Waals surface area contributed by atoms with Crippen LogP contribution in [-0.2, 0) is 28.0 Å². The first-order valence-corrected chi connectivity index (χ1v) is 9.31. The molecule has 0 aromatic heterocycles. The number of ether oxygens (including phenoxy) is 1. The minimum Gasteiger partial charge on any atom is -0.372 e. The van der Waals surface area contributed by atoms with Crippen LogP contribution in [0.2, 0.25) is 0 Å². The van der Waals surface area contributed by atoms with Crippen molar-refractivity contribution in [2.24, 2.45) is 5.92 Å². The van der Waals surface area contributed by atoms with Gasteiger partial charge in [0.1, 0.15) is 0 Å². The van der Waals surface area contributed by atoms with Gasteiger partial charge in [-0.25, -0.2) is 13.1 Å². The van der Waals surface area contributed by atoms with Gasteiger partial charge in [-0.05, 0) is 43.0 Å². The number of nitrogens with one attached hydrogen (secondary N) is 1. The van der Waals surface area contributed by atoms with Gasteiger partial charge in [0, 0.05) is 25.2 Å². The predicted molar refractivity (Wildman–Crippen MR) is 84.9 cm³/mol. The molecule has 2 atom stereocenters. The second-order valence-corrected chi connectivity index (χ2v) is 8.39. The maximum absolute atomic E-state index is 12.6. The molecule has 0 amide bonds. The lowest BCUT2D eigenvalue weighted by atomic mass is 10.1. The highest BCUT2D eigenvalue weighted by atomic mass is 32.2. The van der Waals surface area contributed by atoms with Crippen molar-refractivity contribution in [1.82, 2.24) is 9.62 Å². The first-order valence-electron chi connectivity index (χ1n) is 7.83. The number of sulfonamides is 1. The molecule has 6 heteroatoms. The van der Waals surface area contributed by atoms with Gasteiger partial charge in [0.15, 0.2) is 0 Å². The molecule has 0 saturated carbocycles. The monoisotopic (exact) mass is 324 g/mol. The summed E-state index contributed by atoms with van der Waals surface area (Å²) >= 11 is 0. The van der Waals surface area contributed by atoms with E-state index in [9.17, 15) is 8.42 Å². The van der Waals surface area contributed by atoms with Crippen molar-refractivity contribution in [2.45, 2.75) is 51.0 Å². The van der Waals surface area contributed by atoms with E-state index in [-0.39, 0.29) is 6.04 Å². The van der Waals surface area contributed by atoms with Crippen molar-refractivity contribution in [2.75, 3.05) is 13.1 Å². The summed E-state index contributed by atoms with van der Waals surface area (Å²) < 4.78 is 33.5. The van der Waals surface area contributed by atoms with Crippen LogP contribution in [0.4, 0.5) is 0 Å². The molecule has 2 aliphatic rings. The van der Waals surface area contributed by atoms with Gasteiger partial charge >= 0.3 is 0 Å². The Morgan fingerprint density at radius 2 is 1.95 bits per heavy atom. The van der Waals surface area contributed by atoms with E-state index < -0.39 is 10.0 Å². The van der Waals surface area contributed by atoms with Crippen LogP contribution < -0.4 is 4.72 Å². The van der Waals surface area contributed by atoms with Crippen molar-refractivity contribution in [3.05, 3.63) is 29.3 Å². The molecule has 2 unspecified atom stereocenters. The summed E-state index contributed by atoms with van der Waals surface area (Å²) in [5.41, 5.74) is 2.06. The zero-order valence-electron chi connectivity index (χ0n) is 13.4. The Morgan fingerprint density at radius 1 is 1.23 bits per heavy atom. The third-order valence-electron chi connectivity index (χ3n) is 4.68. The number of likely N-dealkylation sites (tertiary alicyclic amines) is 1. The van der Waals surface area contributed by atoms with Crippen LogP contribution in [0.1, 0.15) is 31.9 Å². The van der Waals surface area contributed by atoms with Crippen molar-refractivity contribution in [1.29, 1.82) is 0 Å². The largest absolute Gasteiger partial charge is 0.372 e. The van der Waals surface area contributed by atoms with Crippen LogP contribution in [0, 0.1) is 5.92 Å². The molecular formula is C16H24N2O3S. The lowest BCUT2D eigenvalue weighted by molar-refractivity contribution is 0.134. The molecule has 2 aliphatic heterocycles. The molecule has 2 heterocycles. The number of rotatable bonds is 4. The number of fused-ring (bicyclic) bond motifs is 1. The summed E-state index contributed by atoms with van der Waals surface area (Å²) in [5.74, 6) is 0.315. The topological polar surface area (TPSA) is 58.6 Å². The Bertz CT molecular complexity index is 657. The molecule has 0 radical (unpaired) electrons. The van der Waals surface area contributed by atoms with Crippen molar-refractivity contribution < 1.29 is 13.2 Å². The summed E-state index contributed by atoms with van der Waals surface area (Å²) in [4.78, 5) is 2.65. The zero-order valence-corrected chi connectivity index (χ0v) is 14.2. The number of hydrogen-bond acceptors (Lipinski definition) is 4. The van der Waals surface area contributed by atoms with Gasteiger partial charge in [-0.1, -0.05) is 13.0 Å². The normalized spacial score (nSPS) is 25.8. The van der Waals surface area contributed by atoms with E-state index in [1.165, 1.54) is 0 Å². The van der Waals surface area contributed by atoms with Crippen molar-refractivity contribution in [3.8, 4) is 0 Å². The van der Waals surface area contributed by atoms with Gasteiger partial charge in [0.25, 0.3) is 0 Å². The Hall–Kier alpha value is -0.950. The predicted octanol–water partition coefficient (Wildman–Crippen LogP) is 1.72. The molecule has 5 nitrogen and oxygen atoms in total. The lowest BCUT2D eigenvalue weighted by Gasteiger charge is -2.20. The first-order chi connectivity index (χ1) is 10.4. The summed E-state index contributed by atoms with van der Waals surface area (Å²) in [6.45, 7) is 9.17. The molecule has 1 fully saturated rings. The van der Waals surface area contributed by atoms with Crippen LogP contribution in [0.15, 0.2) is 23.1 Å². The van der Waals surface area contributed by atoms with Gasteiger partial charge in [0.2, 0.25) is 10.0 Å². The highest BCUT2D eigenvalue weighted by Gasteiger charge is 2.34. The van der Waals surface area contributed by atoms with Crippen LogP contribution >= 0.6 is 0 Å². The van der Waals surface area contributed by atoms with E-state index in [0.717, 1.165) is 24.2 Å². The van der Waals surface area contributed by atoms with Crippen molar-refractivity contribution >= 4 is 10.0 Å². The van der Waals surface area contributed by atoms with E-state index in [1.54, 1.807) is 12.1 Å². The van der Waals surface area contributed by atoms with E-state index >= 15 is 0 Å². The highest BCUT2D eigenvalue weighted by molar-refractivity contribution is 7.89. The average Bonchev–Trinajstić information content (AvgIpc) is 3.05. The molecule has 1 N–H and O–H groups in total. The molecule has 1 aromatic carbocycles. The number of nitrogens with zero attached hydrogens (tertiary/aromatic N) is 1. The molecule has 0 bridgehead atoms. The molecule has 0 spiro atoms. The van der Waals surface area contributed by atoms with Gasteiger partial charge in [0.05, 0.1) is 18.1 Å². The van der Waals surface area contributed by atoms with E-state index in [1.807, 2.05) is 6.07 Å². The average molecular weight is 324 g/mol. The Balaban J connectivity index is 1.76. The third kappa shape index (κ3) is 3.06. The van der Waals surface area contributed by atoms with Gasteiger partial charge in [-0.2, -0.15) is 0 Å². The first kappa shape index (κ1) is 15.9. The van der Waals surface area contributed by atoms with Crippen LogP contribution in [0.5, 0.6) is 0 Å². The van der Waals surface area contributed by atoms with Crippen LogP contribution in [0.25, 0.3) is 0 Å². The molecular weight excluding hydrogens is 300 g/mol. The third-order valence-corrected chi connectivity index (χ3v) is 6.17. The fourth-order valence-electron chi connectivity index (χ4n) is 3.16. The Kier molecular flexibility index (Phi) is 4.29. The standard InChI is InChI=1S/C16H24N2O3S/c1-11(2)18-7-12(3)16(8-18)17-22(19,20)15-5-4-13-9-21-10-14(13)6-15/h4-6,11-12,16-17H,7-10H2,1-3H3. The summed E-state index contributed by atoms with van der Waals surface area (Å²) in [7, 11) is -3.48. The second-order valence-electron chi connectivity index (χ2n) is 6.68. The maximum atomic E-state index is 12.6. The number of hydrogen-bond donors (Lipinski definition) is 1. The molecule has 0 aliphatic carbocycles. The fraction of sp³-hybridized carbons (Fsp3) is 0.625. The highest BCUT2D eigenvalue weighted by Crippen LogP contribution is 2.25. The molecule has 1 aromatic rings. The van der Waals surface area contributed by atoms with E-state index in [2.05, 4.69) is 30.4 Å². The smallest absolute Gasteiger partial charge is 0.240 e. The van der Waals surface area contributed by atoms with Crippen LogP contribution in [-0.4, -0.2) is 38.5 Å². The quantitative estimate of drug-likeness (QED) is 0.916. The minimum absolute atomic E-state index is 0.0306. The number of benzene rings is 1. The molecule has 122 valence electrons. The van der Waals surface area contributed by atoms with E-state index in [4.69, 9.17) is 4.74 Å². The Labute approximate surface area is 132 Å². The second kappa shape index (κ2) is 5.92. The van der Waals surface area contributed by atoms with Gasteiger partial charge in [-0.3, -0.25) is 4.90 Å². The van der Waals surface area contributed by atoms with E-state index in [0.29, 0.717) is 30.1 Å². The van der Waals surface area contributed by atoms with Crippen LogP contribution in [0.3, 0.4) is 0 Å². The van der Waals surface area contributed by atoms with Gasteiger partial charge < -0.3 is 4.74 Å². The van der Waals surface area contributed by atoms with Crippen molar-refractivity contribution in [3.63, 3.8) is 0 Å².